The molecule has 4 aromatic rings. The monoisotopic (exact) mass is 462 g/mol. The third-order valence-corrected chi connectivity index (χ3v) is 5.87. The number of aromatic nitrogens is 4. The van der Waals surface area contributed by atoms with Gasteiger partial charge in [-0.1, -0.05) is 19.0 Å². The summed E-state index contributed by atoms with van der Waals surface area (Å²) in [6, 6.07) is 11.7. The van der Waals surface area contributed by atoms with Crippen LogP contribution in [-0.2, 0) is 0 Å². The normalized spacial score (nSPS) is 14.6. The van der Waals surface area contributed by atoms with Crippen LogP contribution in [0, 0.1) is 0 Å². The summed E-state index contributed by atoms with van der Waals surface area (Å²) in [4.78, 5) is 22.0. The van der Waals surface area contributed by atoms with Crippen LogP contribution in [-0.4, -0.2) is 50.1 Å². The van der Waals surface area contributed by atoms with E-state index in [-0.39, 0.29) is 12.0 Å². The van der Waals surface area contributed by atoms with Gasteiger partial charge in [-0.15, -0.1) is 0 Å². The molecule has 5 rings (SSSR count). The second kappa shape index (κ2) is 9.05. The van der Waals surface area contributed by atoms with Crippen LogP contribution in [0.2, 0.25) is 0 Å². The fourth-order valence-corrected chi connectivity index (χ4v) is 4.07. The van der Waals surface area contributed by atoms with E-state index in [2.05, 4.69) is 25.3 Å². The number of benzene rings is 1. The van der Waals surface area contributed by atoms with Crippen LogP contribution in [0.3, 0.4) is 0 Å². The third kappa shape index (κ3) is 4.52. The molecule has 1 aliphatic heterocycles. The van der Waals surface area contributed by atoms with Gasteiger partial charge in [0, 0.05) is 49.1 Å². The van der Waals surface area contributed by atoms with Crippen molar-refractivity contribution >= 4 is 28.7 Å². The molecular formula is C24H26N6O4. The largest absolute Gasteiger partial charge is 0.489 e. The number of carbonyl (C=O) groups is 1. The van der Waals surface area contributed by atoms with Crippen LogP contribution in [0.4, 0.5) is 16.5 Å². The van der Waals surface area contributed by atoms with Crippen LogP contribution < -0.4 is 15.0 Å². The van der Waals surface area contributed by atoms with Crippen LogP contribution >= 0.6 is 0 Å². The first-order chi connectivity index (χ1) is 16.5. The van der Waals surface area contributed by atoms with Gasteiger partial charge in [-0.3, -0.25) is 5.32 Å². The Morgan fingerprint density at radius 3 is 2.71 bits per heavy atom. The Morgan fingerprint density at radius 1 is 1.21 bits per heavy atom. The highest BCUT2D eigenvalue weighted by atomic mass is 16.5. The molecule has 10 heteroatoms. The van der Waals surface area contributed by atoms with E-state index in [1.807, 2.05) is 48.9 Å². The van der Waals surface area contributed by atoms with Gasteiger partial charge in [0.05, 0.1) is 11.7 Å². The van der Waals surface area contributed by atoms with Crippen molar-refractivity contribution < 1.29 is 19.2 Å². The zero-order valence-electron chi connectivity index (χ0n) is 19.0. The molecule has 176 valence electrons. The number of fused-ring (bicyclic) bond motifs is 1. The molecule has 2 N–H and O–H groups in total. The molecule has 34 heavy (non-hydrogen) atoms. The quantitative estimate of drug-likeness (QED) is 0.424. The molecule has 0 radical (unpaired) electrons. The average molecular weight is 463 g/mol. The summed E-state index contributed by atoms with van der Waals surface area (Å²) in [5.74, 6) is 2.46. The lowest BCUT2D eigenvalue weighted by Crippen LogP contribution is -2.38. The standard InChI is InChI=1S/C24H26N6O4/c1-15(2)22-27-23(34-28-22)29-10-8-18(9-11-29)33-19-4-6-21(25-14-19)30-12-7-16-13-17(26-24(31)32)3-5-20(16)30/h3-7,12-15,18,26H,8-11H2,1-2H3,(H,31,32). The Labute approximate surface area is 196 Å². The number of piperidine rings is 1. The van der Waals surface area contributed by atoms with Crippen LogP contribution in [0.25, 0.3) is 16.7 Å². The topological polar surface area (TPSA) is 119 Å². The van der Waals surface area contributed by atoms with Gasteiger partial charge in [0.1, 0.15) is 17.7 Å². The molecule has 4 heterocycles. The van der Waals surface area contributed by atoms with Gasteiger partial charge >= 0.3 is 12.1 Å². The maximum atomic E-state index is 10.9. The summed E-state index contributed by atoms with van der Waals surface area (Å²) >= 11 is 0. The van der Waals surface area contributed by atoms with E-state index in [0.29, 0.717) is 11.7 Å². The molecule has 0 aliphatic carbocycles. The van der Waals surface area contributed by atoms with Gasteiger partial charge < -0.3 is 23.8 Å². The van der Waals surface area contributed by atoms with Crippen molar-refractivity contribution in [3.05, 3.63) is 54.6 Å². The lowest BCUT2D eigenvalue weighted by Gasteiger charge is -2.30. The van der Waals surface area contributed by atoms with Gasteiger partial charge in [0.2, 0.25) is 0 Å². The molecule has 1 amide bonds. The first kappa shape index (κ1) is 21.7. The summed E-state index contributed by atoms with van der Waals surface area (Å²) in [5, 5.41) is 16.2. The minimum Gasteiger partial charge on any atom is -0.489 e. The smallest absolute Gasteiger partial charge is 0.409 e. The number of anilines is 2. The van der Waals surface area contributed by atoms with Crippen LogP contribution in [0.15, 0.2) is 53.3 Å². The number of amides is 1. The van der Waals surface area contributed by atoms with E-state index in [1.54, 1.807) is 18.3 Å². The van der Waals surface area contributed by atoms with E-state index in [1.165, 1.54) is 0 Å². The molecule has 0 atom stereocenters. The molecule has 0 bridgehead atoms. The summed E-state index contributed by atoms with van der Waals surface area (Å²) in [6.07, 6.45) is 4.38. The minimum absolute atomic E-state index is 0.101. The number of ether oxygens (including phenoxy) is 1. The van der Waals surface area contributed by atoms with Gasteiger partial charge in [-0.05, 0) is 36.4 Å². The number of nitrogens with zero attached hydrogens (tertiary/aromatic N) is 5. The highest BCUT2D eigenvalue weighted by Crippen LogP contribution is 2.26. The maximum Gasteiger partial charge on any atom is 0.409 e. The first-order valence-corrected chi connectivity index (χ1v) is 11.3. The van der Waals surface area contributed by atoms with Crippen molar-refractivity contribution in [3.8, 4) is 11.6 Å². The number of nitrogens with one attached hydrogen (secondary N) is 1. The summed E-state index contributed by atoms with van der Waals surface area (Å²) in [7, 11) is 0. The van der Waals surface area contributed by atoms with Gasteiger partial charge in [0.25, 0.3) is 0 Å². The first-order valence-electron chi connectivity index (χ1n) is 11.3. The molecule has 10 nitrogen and oxygen atoms in total. The van der Waals surface area contributed by atoms with Gasteiger partial charge in [-0.2, -0.15) is 4.98 Å². The summed E-state index contributed by atoms with van der Waals surface area (Å²) in [6.45, 7) is 5.68. The molecule has 0 spiro atoms. The molecular weight excluding hydrogens is 436 g/mol. The lowest BCUT2D eigenvalue weighted by molar-refractivity contribution is 0.168. The van der Waals surface area contributed by atoms with Crippen LogP contribution in [0.5, 0.6) is 5.75 Å². The zero-order valence-corrected chi connectivity index (χ0v) is 19.0. The predicted molar refractivity (Wildman–Crippen MR) is 127 cm³/mol. The number of hydrogen-bond donors (Lipinski definition) is 2. The molecule has 3 aromatic heterocycles. The highest BCUT2D eigenvalue weighted by Gasteiger charge is 2.24. The second-order valence-corrected chi connectivity index (χ2v) is 8.64. The number of hydrogen-bond acceptors (Lipinski definition) is 7. The molecule has 0 unspecified atom stereocenters. The Morgan fingerprint density at radius 2 is 2.03 bits per heavy atom. The van der Waals surface area contributed by atoms with Crippen molar-refractivity contribution in [2.24, 2.45) is 0 Å². The predicted octanol–water partition coefficient (Wildman–Crippen LogP) is 4.67. The van der Waals surface area contributed by atoms with Crippen molar-refractivity contribution in [1.82, 2.24) is 19.7 Å². The molecule has 1 fully saturated rings. The Balaban J connectivity index is 1.21. The number of carboxylic acid groups (broad SMARTS) is 1. The van der Waals surface area contributed by atoms with E-state index in [4.69, 9.17) is 14.4 Å². The maximum absolute atomic E-state index is 10.9. The molecule has 1 saturated heterocycles. The van der Waals surface area contributed by atoms with Gasteiger partial charge in [0.15, 0.2) is 5.82 Å². The van der Waals surface area contributed by atoms with E-state index in [0.717, 1.165) is 54.2 Å². The van der Waals surface area contributed by atoms with Gasteiger partial charge in [-0.25, -0.2) is 9.78 Å². The SMILES string of the molecule is CC(C)c1noc(N2CCC(Oc3ccc(-n4ccc5cc(NC(=O)O)ccc54)nc3)CC2)n1. The van der Waals surface area contributed by atoms with E-state index in [9.17, 15) is 4.79 Å². The van der Waals surface area contributed by atoms with Crippen LogP contribution in [0.1, 0.15) is 38.4 Å². The van der Waals surface area contributed by atoms with E-state index < -0.39 is 6.09 Å². The number of pyridine rings is 1. The second-order valence-electron chi connectivity index (χ2n) is 8.64. The Hall–Kier alpha value is -4.08. The lowest BCUT2D eigenvalue weighted by atomic mass is 10.1. The van der Waals surface area contributed by atoms with Crippen molar-refractivity contribution in [1.29, 1.82) is 0 Å². The summed E-state index contributed by atoms with van der Waals surface area (Å²) < 4.78 is 13.5. The zero-order chi connectivity index (χ0) is 23.7. The molecule has 1 aliphatic rings. The minimum atomic E-state index is -1.09. The summed E-state index contributed by atoms with van der Waals surface area (Å²) in [5.41, 5.74) is 1.46. The fraction of sp³-hybridized carbons (Fsp3) is 0.333. The molecule has 1 aromatic carbocycles. The highest BCUT2D eigenvalue weighted by molar-refractivity contribution is 5.90. The fourth-order valence-electron chi connectivity index (χ4n) is 4.07. The van der Waals surface area contributed by atoms with Crippen molar-refractivity contribution in [3.63, 3.8) is 0 Å². The average Bonchev–Trinajstić information content (AvgIpc) is 3.47. The Kier molecular flexibility index (Phi) is 5.79. The number of rotatable bonds is 6. The van der Waals surface area contributed by atoms with Crippen molar-refractivity contribution in [2.45, 2.75) is 38.7 Å². The Bertz CT molecular complexity index is 1290. The molecule has 0 saturated carbocycles. The third-order valence-electron chi connectivity index (χ3n) is 5.87. The van der Waals surface area contributed by atoms with Crippen molar-refractivity contribution in [2.75, 3.05) is 23.3 Å². The van der Waals surface area contributed by atoms with E-state index >= 15 is 0 Å².